The summed E-state index contributed by atoms with van der Waals surface area (Å²) in [6.07, 6.45) is 2.34. The predicted molar refractivity (Wildman–Crippen MR) is 82.0 cm³/mol. The van der Waals surface area contributed by atoms with Crippen LogP contribution in [0.2, 0.25) is 5.02 Å². The number of nitrogens with zero attached hydrogens (tertiary/aromatic N) is 2. The number of aromatic nitrogens is 2. The fourth-order valence-corrected chi connectivity index (χ4v) is 2.11. The Labute approximate surface area is 129 Å². The summed E-state index contributed by atoms with van der Waals surface area (Å²) in [5.74, 6) is 1.06. The summed E-state index contributed by atoms with van der Waals surface area (Å²) in [6, 6.07) is 7.84. The van der Waals surface area contributed by atoms with Gasteiger partial charge in [-0.3, -0.25) is 0 Å². The molecule has 0 aliphatic heterocycles. The summed E-state index contributed by atoms with van der Waals surface area (Å²) in [5, 5.41) is 4.09. The topological polar surface area (TPSA) is 56.3 Å². The number of methoxy groups -OCH3 is 2. The van der Waals surface area contributed by atoms with Crippen molar-refractivity contribution < 1.29 is 9.47 Å². The van der Waals surface area contributed by atoms with Crippen molar-refractivity contribution in [2.24, 2.45) is 0 Å². The van der Waals surface area contributed by atoms with Gasteiger partial charge in [0.2, 0.25) is 11.8 Å². The van der Waals surface area contributed by atoms with Gasteiger partial charge in [-0.25, -0.2) is 9.97 Å². The second kappa shape index (κ2) is 7.81. The molecule has 6 heteroatoms. The highest BCUT2D eigenvalue weighted by Crippen LogP contribution is 2.22. The lowest BCUT2D eigenvalue weighted by Crippen LogP contribution is -2.18. The minimum atomic E-state index is 0.529. The van der Waals surface area contributed by atoms with Gasteiger partial charge in [0.1, 0.15) is 6.33 Å². The zero-order valence-electron chi connectivity index (χ0n) is 12.1. The molecule has 0 atom stereocenters. The quantitative estimate of drug-likeness (QED) is 0.796. The molecule has 21 heavy (non-hydrogen) atoms. The van der Waals surface area contributed by atoms with E-state index in [0.717, 1.165) is 23.6 Å². The molecule has 2 rings (SSSR count). The molecule has 0 spiro atoms. The lowest BCUT2D eigenvalue weighted by molar-refractivity contribution is 0.359. The minimum absolute atomic E-state index is 0.529. The molecule has 1 aromatic heterocycles. The van der Waals surface area contributed by atoms with Crippen LogP contribution < -0.4 is 14.8 Å². The predicted octanol–water partition coefficient (Wildman–Crippen LogP) is 2.48. The summed E-state index contributed by atoms with van der Waals surface area (Å²) in [6.45, 7) is 1.41. The van der Waals surface area contributed by atoms with Gasteiger partial charge in [0.15, 0.2) is 0 Å². The molecule has 0 saturated heterocycles. The summed E-state index contributed by atoms with van der Waals surface area (Å²) in [4.78, 5) is 8.17. The highest BCUT2D eigenvalue weighted by atomic mass is 35.5. The first-order valence-electron chi connectivity index (χ1n) is 6.61. The third-order valence-electron chi connectivity index (χ3n) is 3.06. The third-order valence-corrected chi connectivity index (χ3v) is 3.31. The van der Waals surface area contributed by atoms with Crippen LogP contribution in [0.4, 0.5) is 0 Å². The van der Waals surface area contributed by atoms with Crippen molar-refractivity contribution in [2.45, 2.75) is 13.0 Å². The van der Waals surface area contributed by atoms with Gasteiger partial charge in [-0.05, 0) is 30.7 Å². The highest BCUT2D eigenvalue weighted by molar-refractivity contribution is 6.30. The molecule has 2 aromatic rings. The highest BCUT2D eigenvalue weighted by Gasteiger charge is 2.11. The normalized spacial score (nSPS) is 10.4. The zero-order valence-corrected chi connectivity index (χ0v) is 12.9. The Morgan fingerprint density at radius 3 is 2.24 bits per heavy atom. The molecule has 0 amide bonds. The van der Waals surface area contributed by atoms with E-state index in [0.29, 0.717) is 18.3 Å². The minimum Gasteiger partial charge on any atom is -0.481 e. The number of hydrogen-bond donors (Lipinski definition) is 1. The molecule has 1 N–H and O–H groups in total. The van der Waals surface area contributed by atoms with Crippen LogP contribution >= 0.6 is 11.6 Å². The van der Waals surface area contributed by atoms with E-state index >= 15 is 0 Å². The standard InChI is InChI=1S/C15H18ClN3O2/c1-20-14-13(15(21-2)19-10-18-14)9-17-8-7-11-3-5-12(16)6-4-11/h3-6,10,17H,7-9H2,1-2H3. The van der Waals surface area contributed by atoms with Gasteiger partial charge < -0.3 is 14.8 Å². The molecule has 0 aliphatic carbocycles. The molecule has 0 bridgehead atoms. The monoisotopic (exact) mass is 307 g/mol. The van der Waals surface area contributed by atoms with Crippen LogP contribution in [0.15, 0.2) is 30.6 Å². The van der Waals surface area contributed by atoms with Gasteiger partial charge in [0.05, 0.1) is 19.8 Å². The first kappa shape index (κ1) is 15.5. The van der Waals surface area contributed by atoms with E-state index < -0.39 is 0 Å². The summed E-state index contributed by atoms with van der Waals surface area (Å²) >= 11 is 5.86. The Morgan fingerprint density at radius 1 is 1.05 bits per heavy atom. The van der Waals surface area contributed by atoms with Crippen LogP contribution in [0.3, 0.4) is 0 Å². The fourth-order valence-electron chi connectivity index (χ4n) is 1.98. The molecule has 0 saturated carbocycles. The number of benzene rings is 1. The van der Waals surface area contributed by atoms with Crippen molar-refractivity contribution >= 4 is 11.6 Å². The maximum absolute atomic E-state index is 5.86. The van der Waals surface area contributed by atoms with E-state index in [1.54, 1.807) is 14.2 Å². The Bertz CT molecular complexity index is 553. The Morgan fingerprint density at radius 2 is 1.67 bits per heavy atom. The lowest BCUT2D eigenvalue weighted by atomic mass is 10.1. The first-order chi connectivity index (χ1) is 10.2. The van der Waals surface area contributed by atoms with E-state index in [1.165, 1.54) is 11.9 Å². The van der Waals surface area contributed by atoms with Gasteiger partial charge in [-0.2, -0.15) is 0 Å². The van der Waals surface area contributed by atoms with Crippen LogP contribution in [0.1, 0.15) is 11.1 Å². The molecule has 5 nitrogen and oxygen atoms in total. The van der Waals surface area contributed by atoms with Crippen LogP contribution in [0.25, 0.3) is 0 Å². The number of halogens is 1. The molecular weight excluding hydrogens is 290 g/mol. The van der Waals surface area contributed by atoms with Crippen molar-refractivity contribution in [3.05, 3.63) is 46.7 Å². The Kier molecular flexibility index (Phi) is 5.78. The Balaban J connectivity index is 1.90. The second-order valence-electron chi connectivity index (χ2n) is 4.42. The van der Waals surface area contributed by atoms with E-state index in [-0.39, 0.29) is 0 Å². The number of rotatable bonds is 7. The van der Waals surface area contributed by atoms with Crippen molar-refractivity contribution in [1.29, 1.82) is 0 Å². The van der Waals surface area contributed by atoms with E-state index in [4.69, 9.17) is 21.1 Å². The molecule has 0 radical (unpaired) electrons. The second-order valence-corrected chi connectivity index (χ2v) is 4.86. The smallest absolute Gasteiger partial charge is 0.224 e. The van der Waals surface area contributed by atoms with Crippen molar-refractivity contribution in [3.63, 3.8) is 0 Å². The molecular formula is C15H18ClN3O2. The van der Waals surface area contributed by atoms with Crippen LogP contribution in [0, 0.1) is 0 Å². The van der Waals surface area contributed by atoms with E-state index in [2.05, 4.69) is 15.3 Å². The molecule has 1 aromatic carbocycles. The fraction of sp³-hybridized carbons (Fsp3) is 0.333. The van der Waals surface area contributed by atoms with Gasteiger partial charge in [-0.15, -0.1) is 0 Å². The molecule has 0 aliphatic rings. The number of hydrogen-bond acceptors (Lipinski definition) is 5. The van der Waals surface area contributed by atoms with Gasteiger partial charge in [0, 0.05) is 11.6 Å². The number of ether oxygens (including phenoxy) is 2. The van der Waals surface area contributed by atoms with Crippen molar-refractivity contribution in [2.75, 3.05) is 20.8 Å². The molecule has 112 valence electrons. The SMILES string of the molecule is COc1ncnc(OC)c1CNCCc1ccc(Cl)cc1. The zero-order chi connectivity index (χ0) is 15.1. The van der Waals surface area contributed by atoms with Crippen molar-refractivity contribution in [3.8, 4) is 11.8 Å². The average molecular weight is 308 g/mol. The summed E-state index contributed by atoms with van der Waals surface area (Å²) in [7, 11) is 3.16. The van der Waals surface area contributed by atoms with E-state index in [9.17, 15) is 0 Å². The molecule has 1 heterocycles. The van der Waals surface area contributed by atoms with Crippen LogP contribution in [-0.2, 0) is 13.0 Å². The largest absolute Gasteiger partial charge is 0.481 e. The van der Waals surface area contributed by atoms with Gasteiger partial charge in [0.25, 0.3) is 0 Å². The van der Waals surface area contributed by atoms with E-state index in [1.807, 2.05) is 24.3 Å². The average Bonchev–Trinajstić information content (AvgIpc) is 2.53. The molecule has 0 fully saturated rings. The summed E-state index contributed by atoms with van der Waals surface area (Å²) in [5.41, 5.74) is 2.05. The van der Waals surface area contributed by atoms with Crippen LogP contribution in [-0.4, -0.2) is 30.7 Å². The Hall–Kier alpha value is -1.85. The van der Waals surface area contributed by atoms with Gasteiger partial charge >= 0.3 is 0 Å². The summed E-state index contributed by atoms with van der Waals surface area (Å²) < 4.78 is 10.5. The maximum atomic E-state index is 5.86. The number of nitrogens with one attached hydrogen (secondary N) is 1. The van der Waals surface area contributed by atoms with Gasteiger partial charge in [-0.1, -0.05) is 23.7 Å². The molecule has 0 unspecified atom stereocenters. The third kappa shape index (κ3) is 4.31. The maximum Gasteiger partial charge on any atom is 0.224 e. The first-order valence-corrected chi connectivity index (χ1v) is 6.99. The van der Waals surface area contributed by atoms with Crippen LogP contribution in [0.5, 0.6) is 11.8 Å². The van der Waals surface area contributed by atoms with Crippen molar-refractivity contribution in [1.82, 2.24) is 15.3 Å². The lowest BCUT2D eigenvalue weighted by Gasteiger charge is -2.11.